The van der Waals surface area contributed by atoms with Gasteiger partial charge in [0.25, 0.3) is 0 Å². The van der Waals surface area contributed by atoms with Crippen LogP contribution in [0, 0.1) is 0 Å². The third-order valence-corrected chi connectivity index (χ3v) is 6.37. The van der Waals surface area contributed by atoms with Crippen LogP contribution in [0.2, 0.25) is 0 Å². The van der Waals surface area contributed by atoms with E-state index in [1.54, 1.807) is 41.5 Å². The van der Waals surface area contributed by atoms with Crippen LogP contribution in [0.4, 0.5) is 14.4 Å². The van der Waals surface area contributed by atoms with Gasteiger partial charge in [0.05, 0.1) is 0 Å². The summed E-state index contributed by atoms with van der Waals surface area (Å²) in [4.78, 5) is 77.1. The first-order valence-electron chi connectivity index (χ1n) is 14.6. The van der Waals surface area contributed by atoms with Crippen molar-refractivity contribution in [1.82, 2.24) is 16.0 Å². The summed E-state index contributed by atoms with van der Waals surface area (Å²) in [5, 5.41) is 6.42. The Morgan fingerprint density at radius 2 is 0.809 bits per heavy atom. The fraction of sp³-hybridized carbons (Fsp3) is 0.759. The summed E-state index contributed by atoms with van der Waals surface area (Å²) in [6.45, 7) is 17.3. The molecular formula is C29H51Cl2N3O10S3. The van der Waals surface area contributed by atoms with Gasteiger partial charge in [-0.05, 0) is 85.5 Å². The quantitative estimate of drug-likeness (QED) is 0.0694. The third-order valence-electron chi connectivity index (χ3n) is 3.90. The maximum absolute atomic E-state index is 11.8. The van der Waals surface area contributed by atoms with Crippen molar-refractivity contribution >= 4 is 98.3 Å². The number of rotatable bonds is 14. The zero-order valence-electron chi connectivity index (χ0n) is 28.7. The van der Waals surface area contributed by atoms with Gasteiger partial charge in [0, 0.05) is 62.6 Å². The fourth-order valence-corrected chi connectivity index (χ4v) is 3.94. The van der Waals surface area contributed by atoms with Crippen LogP contribution in [-0.4, -0.2) is 92.7 Å². The van der Waals surface area contributed by atoms with Crippen molar-refractivity contribution in [2.24, 2.45) is 0 Å². The Balaban J connectivity index is -0.000000826. The van der Waals surface area contributed by atoms with Crippen LogP contribution >= 0.6 is 59.4 Å². The Morgan fingerprint density at radius 3 is 1.04 bits per heavy atom. The Hall–Kier alpha value is -1.88. The maximum Gasteiger partial charge on any atom is 0.407 e. The molecule has 13 nitrogen and oxygen atoms in total. The number of thioether (sulfide) groups is 2. The average Bonchev–Trinajstić information content (AvgIpc) is 2.88. The summed E-state index contributed by atoms with van der Waals surface area (Å²) in [5.74, 6) is 1.46. The minimum atomic E-state index is -0.562. The van der Waals surface area contributed by atoms with Gasteiger partial charge < -0.3 is 30.2 Å². The molecule has 3 N–H and O–H groups in total. The highest BCUT2D eigenvalue weighted by Gasteiger charge is 2.17. The Morgan fingerprint density at radius 1 is 0.532 bits per heavy atom. The van der Waals surface area contributed by atoms with Gasteiger partial charge in [-0.15, -0.1) is 0 Å². The molecule has 0 aliphatic rings. The molecule has 0 aromatic rings. The number of amides is 3. The van der Waals surface area contributed by atoms with E-state index in [-0.39, 0.29) is 42.0 Å². The van der Waals surface area contributed by atoms with E-state index < -0.39 is 39.5 Å². The minimum Gasteiger partial charge on any atom is -0.444 e. The van der Waals surface area contributed by atoms with Crippen LogP contribution in [0.3, 0.4) is 0 Å². The summed E-state index contributed by atoms with van der Waals surface area (Å²) in [6, 6.07) is 0. The van der Waals surface area contributed by atoms with E-state index >= 15 is 0 Å². The molecule has 0 fully saturated rings. The number of hydrogen-bond acceptors (Lipinski definition) is 13. The van der Waals surface area contributed by atoms with Gasteiger partial charge in [-0.2, -0.15) is 12.6 Å². The Kier molecular flexibility index (Phi) is 28.4. The van der Waals surface area contributed by atoms with Gasteiger partial charge in [0.1, 0.15) is 16.8 Å². The van der Waals surface area contributed by atoms with Crippen molar-refractivity contribution in [1.29, 1.82) is 0 Å². The average molecular weight is 769 g/mol. The van der Waals surface area contributed by atoms with E-state index in [1.165, 1.54) is 0 Å². The van der Waals surface area contributed by atoms with Crippen molar-refractivity contribution in [3.8, 4) is 0 Å². The summed E-state index contributed by atoms with van der Waals surface area (Å²) in [7, 11) is 0. The van der Waals surface area contributed by atoms with Crippen LogP contribution in [-0.2, 0) is 33.4 Å². The van der Waals surface area contributed by atoms with Crippen molar-refractivity contribution in [2.75, 3.05) is 36.9 Å². The summed E-state index contributed by atoms with van der Waals surface area (Å²) in [6.07, 6.45) is -1.08. The van der Waals surface area contributed by atoms with Gasteiger partial charge in [-0.25, -0.2) is 14.4 Å². The van der Waals surface area contributed by atoms with Crippen LogP contribution in [0.5, 0.6) is 0 Å². The second-order valence-corrected chi connectivity index (χ2v) is 15.8. The van der Waals surface area contributed by atoms with Crippen LogP contribution < -0.4 is 16.0 Å². The van der Waals surface area contributed by atoms with Crippen molar-refractivity contribution in [3.05, 3.63) is 0 Å². The molecule has 0 rings (SSSR count). The summed E-state index contributed by atoms with van der Waals surface area (Å²) < 4.78 is 15.1. The molecule has 0 spiro atoms. The molecule has 0 bridgehead atoms. The van der Waals surface area contributed by atoms with E-state index in [0.717, 1.165) is 23.5 Å². The third kappa shape index (κ3) is 46.3. The second kappa shape index (κ2) is 27.0. The molecule has 0 aliphatic heterocycles. The first-order chi connectivity index (χ1) is 21.4. The van der Waals surface area contributed by atoms with Gasteiger partial charge in [-0.1, -0.05) is 23.5 Å². The van der Waals surface area contributed by atoms with E-state index in [4.69, 9.17) is 37.4 Å². The number of carbonyl (C=O) groups excluding carboxylic acids is 7. The molecule has 0 unspecified atom stereocenters. The number of halogens is 2. The SMILES string of the molecule is CC(C)(C)OC(=O)NCCS.CC(C)(C)OC(=O)NCCSC(=O)CCC(=O)SCCNC(=O)OC(C)(C)C.O=C(Cl)CCC(=O)Cl. The molecule has 0 saturated carbocycles. The largest absolute Gasteiger partial charge is 0.444 e. The van der Waals surface area contributed by atoms with Crippen LogP contribution in [0.1, 0.15) is 88.0 Å². The Labute approximate surface area is 302 Å². The summed E-state index contributed by atoms with van der Waals surface area (Å²) >= 11 is 15.8. The molecule has 0 heterocycles. The van der Waals surface area contributed by atoms with Crippen LogP contribution in [0.15, 0.2) is 0 Å². The highest BCUT2D eigenvalue weighted by molar-refractivity contribution is 8.14. The fourth-order valence-electron chi connectivity index (χ4n) is 2.28. The molecular weight excluding hydrogens is 717 g/mol. The van der Waals surface area contributed by atoms with Gasteiger partial charge >= 0.3 is 18.3 Å². The van der Waals surface area contributed by atoms with E-state index in [2.05, 4.69) is 28.6 Å². The van der Waals surface area contributed by atoms with Crippen molar-refractivity contribution < 1.29 is 47.8 Å². The van der Waals surface area contributed by atoms with Gasteiger partial charge in [0.15, 0.2) is 10.2 Å². The molecule has 0 aliphatic carbocycles. The summed E-state index contributed by atoms with van der Waals surface area (Å²) in [5.41, 5.74) is -1.54. The van der Waals surface area contributed by atoms with Crippen molar-refractivity contribution in [3.63, 3.8) is 0 Å². The molecule has 47 heavy (non-hydrogen) atoms. The van der Waals surface area contributed by atoms with E-state index in [0.29, 0.717) is 36.9 Å². The molecule has 18 heteroatoms. The second-order valence-electron chi connectivity index (χ2n) is 12.2. The molecule has 0 aromatic carbocycles. The minimum absolute atomic E-state index is 0.0316. The van der Waals surface area contributed by atoms with Gasteiger partial charge in [0.2, 0.25) is 10.5 Å². The lowest BCUT2D eigenvalue weighted by atomic mass is 10.2. The van der Waals surface area contributed by atoms with E-state index in [1.807, 2.05) is 20.8 Å². The smallest absolute Gasteiger partial charge is 0.407 e. The number of nitrogens with one attached hydrogen (secondary N) is 3. The predicted molar refractivity (Wildman–Crippen MR) is 192 cm³/mol. The lowest BCUT2D eigenvalue weighted by molar-refractivity contribution is -0.116. The Bertz CT molecular complexity index is 937. The number of hydrogen-bond donors (Lipinski definition) is 4. The van der Waals surface area contributed by atoms with Gasteiger partial charge in [-0.3, -0.25) is 19.2 Å². The number of thiol groups is 1. The molecule has 0 atom stereocenters. The zero-order chi connectivity index (χ0) is 37.3. The lowest BCUT2D eigenvalue weighted by Gasteiger charge is -2.19. The highest BCUT2D eigenvalue weighted by atomic mass is 35.5. The zero-order valence-corrected chi connectivity index (χ0v) is 32.7. The molecule has 0 radical (unpaired) electrons. The topological polar surface area (TPSA) is 183 Å². The van der Waals surface area contributed by atoms with Crippen LogP contribution in [0.25, 0.3) is 0 Å². The first kappa shape index (κ1) is 49.5. The number of carbonyl (C=O) groups is 7. The molecule has 0 aromatic heterocycles. The molecule has 0 saturated heterocycles. The monoisotopic (exact) mass is 767 g/mol. The number of ether oxygens (including phenoxy) is 3. The highest BCUT2D eigenvalue weighted by Crippen LogP contribution is 2.13. The standard InChI is InChI=1S/C18H32N2O6S2.C7H15NO2S.C4H4Cl2O2/c1-17(2,3)25-15(23)19-9-11-27-13(21)7-8-14(22)28-12-10-20-16(24)26-18(4,5)6;1-7(2,3)10-6(9)8-4-5-11;5-3(7)1-2-4(6)8/h7-12H2,1-6H3,(H,19,23)(H,20,24);11H,4-5H2,1-3H3,(H,8,9);1-2H2. The molecule has 274 valence electrons. The predicted octanol–water partition coefficient (Wildman–Crippen LogP) is 6.07. The normalized spacial score (nSPS) is 10.9. The first-order valence-corrected chi connectivity index (χ1v) is 17.9. The maximum atomic E-state index is 11.8. The van der Waals surface area contributed by atoms with Crippen molar-refractivity contribution in [2.45, 2.75) is 105 Å². The van der Waals surface area contributed by atoms with E-state index in [9.17, 15) is 33.6 Å². The lowest BCUT2D eigenvalue weighted by Crippen LogP contribution is -2.33. The number of alkyl carbamates (subject to hydrolysis) is 3. The molecule has 3 amide bonds.